The lowest BCUT2D eigenvalue weighted by molar-refractivity contribution is -0.146. The summed E-state index contributed by atoms with van der Waals surface area (Å²) in [5.41, 5.74) is 0. The van der Waals surface area contributed by atoms with E-state index in [1.165, 1.54) is 0 Å². The van der Waals surface area contributed by atoms with Crippen LogP contribution >= 0.6 is 11.6 Å². The number of carbonyl (C=O) groups excluding carboxylic acids is 1. The molecule has 0 aromatic rings. The van der Waals surface area contributed by atoms with E-state index in [0.717, 1.165) is 0 Å². The maximum absolute atomic E-state index is 11.8. The molecule has 3 nitrogen and oxygen atoms in total. The van der Waals surface area contributed by atoms with Crippen molar-refractivity contribution in [3.63, 3.8) is 0 Å². The molecular weight excluding hydrogens is 202 g/mol. The van der Waals surface area contributed by atoms with E-state index in [-0.39, 0.29) is 24.0 Å². The Hall–Kier alpha value is -0.280. The van der Waals surface area contributed by atoms with Gasteiger partial charge in [0.25, 0.3) is 0 Å². The molecule has 1 aliphatic rings. The second kappa shape index (κ2) is 4.99. The molecule has 4 heteroatoms. The molecule has 2 atom stereocenters. The summed E-state index contributed by atoms with van der Waals surface area (Å²) in [6.07, 6.45) is -0.00410. The number of alkyl halides is 1. The van der Waals surface area contributed by atoms with Gasteiger partial charge in [-0.3, -0.25) is 4.79 Å². The number of hydrogen-bond acceptors (Lipinski definition) is 2. The van der Waals surface area contributed by atoms with Gasteiger partial charge in [-0.2, -0.15) is 0 Å². The van der Waals surface area contributed by atoms with Crippen LogP contribution in [0.1, 0.15) is 20.8 Å². The standard InChI is InChI=1S/C10H18ClNO2/c1-7(2)10(13)12-5-9(4-11)14-6-8(12)3/h7-9H,4-6H2,1-3H3. The van der Waals surface area contributed by atoms with E-state index >= 15 is 0 Å². The van der Waals surface area contributed by atoms with E-state index in [9.17, 15) is 4.79 Å². The molecule has 0 spiro atoms. The van der Waals surface area contributed by atoms with Gasteiger partial charge in [0, 0.05) is 12.5 Å². The Kier molecular flexibility index (Phi) is 4.20. The van der Waals surface area contributed by atoms with Crippen LogP contribution in [0.3, 0.4) is 0 Å². The Labute approximate surface area is 90.4 Å². The fourth-order valence-corrected chi connectivity index (χ4v) is 1.74. The average molecular weight is 220 g/mol. The smallest absolute Gasteiger partial charge is 0.225 e. The summed E-state index contributed by atoms with van der Waals surface area (Å²) in [5, 5.41) is 0. The van der Waals surface area contributed by atoms with Gasteiger partial charge >= 0.3 is 0 Å². The molecule has 0 aliphatic carbocycles. The van der Waals surface area contributed by atoms with Gasteiger partial charge in [0.2, 0.25) is 5.91 Å². The fraction of sp³-hybridized carbons (Fsp3) is 0.900. The van der Waals surface area contributed by atoms with Crippen molar-refractivity contribution in [3.05, 3.63) is 0 Å². The number of hydrogen-bond donors (Lipinski definition) is 0. The first-order valence-corrected chi connectivity index (χ1v) is 5.57. The average Bonchev–Trinajstić information content (AvgIpc) is 2.17. The molecule has 82 valence electrons. The SMILES string of the molecule is CC(C)C(=O)N1CC(CCl)OCC1C. The van der Waals surface area contributed by atoms with Crippen molar-refractivity contribution in [2.24, 2.45) is 5.92 Å². The summed E-state index contributed by atoms with van der Waals surface area (Å²) < 4.78 is 5.47. The summed E-state index contributed by atoms with van der Waals surface area (Å²) in [6.45, 7) is 7.06. The van der Waals surface area contributed by atoms with Crippen LogP contribution in [0.5, 0.6) is 0 Å². The van der Waals surface area contributed by atoms with Crippen molar-refractivity contribution < 1.29 is 9.53 Å². The van der Waals surface area contributed by atoms with E-state index in [0.29, 0.717) is 19.0 Å². The number of amides is 1. The highest BCUT2D eigenvalue weighted by Gasteiger charge is 2.30. The van der Waals surface area contributed by atoms with Crippen molar-refractivity contribution in [3.8, 4) is 0 Å². The zero-order valence-corrected chi connectivity index (χ0v) is 9.75. The molecule has 14 heavy (non-hydrogen) atoms. The molecule has 0 saturated carbocycles. The highest BCUT2D eigenvalue weighted by atomic mass is 35.5. The molecule has 1 amide bonds. The number of nitrogens with zero attached hydrogens (tertiary/aromatic N) is 1. The van der Waals surface area contributed by atoms with Gasteiger partial charge < -0.3 is 9.64 Å². The Balaban J connectivity index is 2.60. The van der Waals surface area contributed by atoms with Gasteiger partial charge in [-0.25, -0.2) is 0 Å². The van der Waals surface area contributed by atoms with E-state index in [1.54, 1.807) is 0 Å². The van der Waals surface area contributed by atoms with Gasteiger partial charge in [-0.1, -0.05) is 13.8 Å². The largest absolute Gasteiger partial charge is 0.373 e. The molecule has 1 saturated heterocycles. The third-order valence-corrected chi connectivity index (χ3v) is 2.80. The Morgan fingerprint density at radius 1 is 1.64 bits per heavy atom. The minimum absolute atomic E-state index is 0.00410. The van der Waals surface area contributed by atoms with Crippen LogP contribution in [0.15, 0.2) is 0 Å². The van der Waals surface area contributed by atoms with E-state index in [1.807, 2.05) is 25.7 Å². The maximum Gasteiger partial charge on any atom is 0.225 e. The van der Waals surface area contributed by atoms with Crippen molar-refractivity contribution in [2.45, 2.75) is 32.9 Å². The Bertz CT molecular complexity index is 208. The minimum Gasteiger partial charge on any atom is -0.373 e. The number of ether oxygens (including phenoxy) is 1. The second-order valence-electron chi connectivity index (χ2n) is 4.10. The Morgan fingerprint density at radius 2 is 2.29 bits per heavy atom. The van der Waals surface area contributed by atoms with Crippen molar-refractivity contribution >= 4 is 17.5 Å². The lowest BCUT2D eigenvalue weighted by atomic mass is 10.1. The first-order chi connectivity index (χ1) is 6.56. The molecule has 1 fully saturated rings. The zero-order valence-electron chi connectivity index (χ0n) is 9.00. The van der Waals surface area contributed by atoms with Crippen molar-refractivity contribution in [1.82, 2.24) is 4.90 Å². The molecule has 0 aromatic carbocycles. The molecule has 1 rings (SSSR count). The van der Waals surface area contributed by atoms with Gasteiger partial charge in [0.15, 0.2) is 0 Å². The van der Waals surface area contributed by atoms with E-state index in [2.05, 4.69) is 0 Å². The van der Waals surface area contributed by atoms with Crippen LogP contribution in [-0.4, -0.2) is 42.0 Å². The van der Waals surface area contributed by atoms with Gasteiger partial charge in [-0.05, 0) is 6.92 Å². The summed E-state index contributed by atoms with van der Waals surface area (Å²) in [5.74, 6) is 0.691. The second-order valence-corrected chi connectivity index (χ2v) is 4.41. The molecule has 0 N–H and O–H groups in total. The number of morpholine rings is 1. The topological polar surface area (TPSA) is 29.5 Å². The van der Waals surface area contributed by atoms with Crippen LogP contribution in [0.25, 0.3) is 0 Å². The molecule has 0 aromatic heterocycles. The molecule has 0 bridgehead atoms. The minimum atomic E-state index is -0.00410. The highest BCUT2D eigenvalue weighted by Crippen LogP contribution is 2.15. The molecule has 2 unspecified atom stereocenters. The normalized spacial score (nSPS) is 28.2. The third kappa shape index (κ3) is 2.61. The van der Waals surface area contributed by atoms with Crippen LogP contribution < -0.4 is 0 Å². The molecular formula is C10H18ClNO2. The number of halogens is 1. The van der Waals surface area contributed by atoms with Gasteiger partial charge in [0.05, 0.1) is 24.6 Å². The Morgan fingerprint density at radius 3 is 2.79 bits per heavy atom. The van der Waals surface area contributed by atoms with Crippen LogP contribution in [-0.2, 0) is 9.53 Å². The molecule has 1 aliphatic heterocycles. The monoisotopic (exact) mass is 219 g/mol. The molecule has 1 heterocycles. The van der Waals surface area contributed by atoms with Crippen molar-refractivity contribution in [1.29, 1.82) is 0 Å². The van der Waals surface area contributed by atoms with Gasteiger partial charge in [0.1, 0.15) is 0 Å². The van der Waals surface area contributed by atoms with E-state index < -0.39 is 0 Å². The first kappa shape index (κ1) is 11.8. The quantitative estimate of drug-likeness (QED) is 0.659. The summed E-state index contributed by atoms with van der Waals surface area (Å²) in [7, 11) is 0. The predicted octanol–water partition coefficient (Wildman–Crippen LogP) is 1.50. The summed E-state index contributed by atoms with van der Waals surface area (Å²) >= 11 is 5.71. The predicted molar refractivity (Wildman–Crippen MR) is 56.5 cm³/mol. The third-order valence-electron chi connectivity index (χ3n) is 2.45. The lowest BCUT2D eigenvalue weighted by Crippen LogP contribution is -2.52. The zero-order chi connectivity index (χ0) is 10.7. The summed E-state index contributed by atoms with van der Waals surface area (Å²) in [6, 6.07) is 0.171. The first-order valence-electron chi connectivity index (χ1n) is 5.04. The van der Waals surface area contributed by atoms with Crippen molar-refractivity contribution in [2.75, 3.05) is 19.0 Å². The fourth-order valence-electron chi connectivity index (χ4n) is 1.55. The number of carbonyl (C=O) groups is 1. The van der Waals surface area contributed by atoms with E-state index in [4.69, 9.17) is 16.3 Å². The molecule has 0 radical (unpaired) electrons. The van der Waals surface area contributed by atoms with Crippen LogP contribution in [0.4, 0.5) is 0 Å². The summed E-state index contributed by atoms with van der Waals surface area (Å²) in [4.78, 5) is 13.7. The number of rotatable bonds is 2. The van der Waals surface area contributed by atoms with Crippen LogP contribution in [0, 0.1) is 5.92 Å². The van der Waals surface area contributed by atoms with Gasteiger partial charge in [-0.15, -0.1) is 11.6 Å². The highest BCUT2D eigenvalue weighted by molar-refractivity contribution is 6.18. The lowest BCUT2D eigenvalue weighted by Gasteiger charge is -2.38. The van der Waals surface area contributed by atoms with Crippen LogP contribution in [0.2, 0.25) is 0 Å². The maximum atomic E-state index is 11.8.